The van der Waals surface area contributed by atoms with E-state index < -0.39 is 5.92 Å². The van der Waals surface area contributed by atoms with Crippen molar-refractivity contribution >= 4 is 23.2 Å². The molecule has 0 unspecified atom stereocenters. The lowest BCUT2D eigenvalue weighted by molar-refractivity contribution is -0.124. The molecule has 1 aromatic carbocycles. The van der Waals surface area contributed by atoms with Gasteiger partial charge in [-0.25, -0.2) is 0 Å². The number of rotatable bonds is 8. The molecule has 28 heavy (non-hydrogen) atoms. The van der Waals surface area contributed by atoms with Crippen molar-refractivity contribution in [3.8, 4) is 0 Å². The molecule has 0 fully saturated rings. The number of carbonyl (C=O) groups is 2. The Bertz CT molecular complexity index is 804. The number of nitrogens with one attached hydrogen (secondary N) is 1. The van der Waals surface area contributed by atoms with Gasteiger partial charge in [-0.2, -0.15) is 0 Å². The molecule has 1 aromatic heterocycles. The molecule has 1 aliphatic heterocycles. The van der Waals surface area contributed by atoms with Crippen LogP contribution in [0.15, 0.2) is 41.8 Å². The molecular formula is C22H28N2O3S. The van der Waals surface area contributed by atoms with Crippen LogP contribution in [-0.4, -0.2) is 43.5 Å². The number of ether oxygens (including phenoxy) is 1. The first-order chi connectivity index (χ1) is 13.5. The summed E-state index contributed by atoms with van der Waals surface area (Å²) in [6.45, 7) is 5.79. The number of thiophene rings is 1. The van der Waals surface area contributed by atoms with Crippen molar-refractivity contribution in [2.45, 2.75) is 32.2 Å². The van der Waals surface area contributed by atoms with Crippen LogP contribution in [0.25, 0.3) is 0 Å². The van der Waals surface area contributed by atoms with Gasteiger partial charge in [-0.3, -0.25) is 9.59 Å². The fourth-order valence-electron chi connectivity index (χ4n) is 3.68. The van der Waals surface area contributed by atoms with Crippen molar-refractivity contribution in [1.29, 1.82) is 0 Å². The van der Waals surface area contributed by atoms with E-state index >= 15 is 0 Å². The summed E-state index contributed by atoms with van der Waals surface area (Å²) in [7, 11) is 1.62. The Balaban J connectivity index is 2.01. The summed E-state index contributed by atoms with van der Waals surface area (Å²) in [6.07, 6.45) is 0.927. The second kappa shape index (κ2) is 9.34. The monoisotopic (exact) mass is 400 g/mol. The van der Waals surface area contributed by atoms with Gasteiger partial charge in [0.2, 0.25) is 5.91 Å². The molecule has 0 saturated heterocycles. The van der Waals surface area contributed by atoms with Crippen molar-refractivity contribution in [2.75, 3.05) is 26.8 Å². The van der Waals surface area contributed by atoms with Gasteiger partial charge in [-0.15, -0.1) is 11.3 Å². The Kier molecular flexibility index (Phi) is 6.86. The van der Waals surface area contributed by atoms with E-state index in [2.05, 4.69) is 19.2 Å². The normalized spacial score (nSPS) is 19.0. The molecular weight excluding hydrogens is 372 g/mol. The summed E-state index contributed by atoms with van der Waals surface area (Å²) in [5.74, 6) is 0.0158. The van der Waals surface area contributed by atoms with Crippen LogP contribution in [0.5, 0.6) is 0 Å². The summed E-state index contributed by atoms with van der Waals surface area (Å²) in [5, 5.41) is 5.09. The van der Waals surface area contributed by atoms with E-state index in [-0.39, 0.29) is 17.9 Å². The number of carbonyl (C=O) groups excluding carboxylic acids is 2. The van der Waals surface area contributed by atoms with Crippen LogP contribution in [0.2, 0.25) is 0 Å². The van der Waals surface area contributed by atoms with Gasteiger partial charge in [0, 0.05) is 30.6 Å². The van der Waals surface area contributed by atoms with Crippen LogP contribution in [0.4, 0.5) is 0 Å². The second-order valence-corrected chi connectivity index (χ2v) is 8.47. The number of fused-ring (bicyclic) bond motifs is 1. The fourth-order valence-corrected chi connectivity index (χ4v) is 4.55. The number of benzene rings is 1. The largest absolute Gasteiger partial charge is 0.383 e. The number of amides is 2. The Morgan fingerprint density at radius 3 is 2.71 bits per heavy atom. The molecule has 0 saturated carbocycles. The zero-order valence-electron chi connectivity index (χ0n) is 16.7. The second-order valence-electron chi connectivity index (χ2n) is 7.49. The quantitative estimate of drug-likeness (QED) is 0.732. The van der Waals surface area contributed by atoms with Gasteiger partial charge in [0.05, 0.1) is 18.6 Å². The molecule has 0 aliphatic carbocycles. The molecule has 1 N–H and O–H groups in total. The number of methoxy groups -OCH3 is 1. The van der Waals surface area contributed by atoms with Crippen LogP contribution >= 0.6 is 11.3 Å². The third kappa shape index (κ3) is 4.28. The SMILES string of the molecule is COCCN1C(=O)c2ccccc2[C@@H](C(=O)NCCC(C)C)[C@H]1c1cccs1. The molecule has 0 bridgehead atoms. The van der Waals surface area contributed by atoms with E-state index in [0.717, 1.165) is 16.9 Å². The molecule has 2 atom stereocenters. The maximum atomic E-state index is 13.3. The lowest BCUT2D eigenvalue weighted by atomic mass is 9.81. The number of nitrogens with zero attached hydrogens (tertiary/aromatic N) is 1. The van der Waals surface area contributed by atoms with Crippen LogP contribution in [-0.2, 0) is 9.53 Å². The van der Waals surface area contributed by atoms with Crippen molar-refractivity contribution in [2.24, 2.45) is 5.92 Å². The topological polar surface area (TPSA) is 58.6 Å². The minimum absolute atomic E-state index is 0.0265. The minimum Gasteiger partial charge on any atom is -0.383 e. The van der Waals surface area contributed by atoms with E-state index in [1.807, 2.05) is 41.8 Å². The van der Waals surface area contributed by atoms with Crippen LogP contribution in [0.1, 0.15) is 53.0 Å². The maximum absolute atomic E-state index is 13.3. The van der Waals surface area contributed by atoms with E-state index in [1.165, 1.54) is 0 Å². The molecule has 3 rings (SSSR count). The van der Waals surface area contributed by atoms with Gasteiger partial charge in [-0.05, 0) is 35.4 Å². The highest BCUT2D eigenvalue weighted by Gasteiger charge is 2.44. The predicted molar refractivity (Wildman–Crippen MR) is 112 cm³/mol. The van der Waals surface area contributed by atoms with Crippen molar-refractivity contribution in [1.82, 2.24) is 10.2 Å². The van der Waals surface area contributed by atoms with Gasteiger partial charge in [0.15, 0.2) is 0 Å². The van der Waals surface area contributed by atoms with Crippen LogP contribution in [0, 0.1) is 5.92 Å². The number of hydrogen-bond acceptors (Lipinski definition) is 4. The van der Waals surface area contributed by atoms with E-state index in [4.69, 9.17) is 4.74 Å². The van der Waals surface area contributed by atoms with E-state index in [1.54, 1.807) is 23.3 Å². The molecule has 150 valence electrons. The number of hydrogen-bond donors (Lipinski definition) is 1. The lowest BCUT2D eigenvalue weighted by Gasteiger charge is -2.41. The Morgan fingerprint density at radius 2 is 2.04 bits per heavy atom. The standard InChI is InChI=1S/C22H28N2O3S/c1-15(2)10-11-23-21(25)19-16-7-4-5-8-17(16)22(26)24(12-13-27-3)20(19)18-9-6-14-28-18/h4-9,14-15,19-20H,10-13H2,1-3H3,(H,23,25)/t19-,20-/m1/s1. The third-order valence-corrected chi connectivity index (χ3v) is 6.06. The van der Waals surface area contributed by atoms with Crippen LogP contribution in [0.3, 0.4) is 0 Å². The lowest BCUT2D eigenvalue weighted by Crippen LogP contribution is -2.48. The molecule has 2 amide bonds. The van der Waals surface area contributed by atoms with E-state index in [0.29, 0.717) is 31.2 Å². The van der Waals surface area contributed by atoms with Crippen molar-refractivity contribution in [3.05, 3.63) is 57.8 Å². The third-order valence-electron chi connectivity index (χ3n) is 5.11. The first-order valence-electron chi connectivity index (χ1n) is 9.74. The molecule has 0 spiro atoms. The summed E-state index contributed by atoms with van der Waals surface area (Å²) >= 11 is 1.58. The summed E-state index contributed by atoms with van der Waals surface area (Å²) in [5.41, 5.74) is 1.41. The van der Waals surface area contributed by atoms with Crippen molar-refractivity contribution < 1.29 is 14.3 Å². The van der Waals surface area contributed by atoms with Crippen LogP contribution < -0.4 is 5.32 Å². The van der Waals surface area contributed by atoms with E-state index in [9.17, 15) is 9.59 Å². The Labute approximate surface area is 170 Å². The Hall–Kier alpha value is -2.18. The summed E-state index contributed by atoms with van der Waals surface area (Å²) < 4.78 is 5.24. The zero-order chi connectivity index (χ0) is 20.1. The van der Waals surface area contributed by atoms with Gasteiger partial charge in [0.1, 0.15) is 0 Å². The van der Waals surface area contributed by atoms with Gasteiger partial charge in [0.25, 0.3) is 5.91 Å². The smallest absolute Gasteiger partial charge is 0.254 e. The summed E-state index contributed by atoms with van der Waals surface area (Å²) in [6, 6.07) is 11.1. The van der Waals surface area contributed by atoms with Crippen molar-refractivity contribution in [3.63, 3.8) is 0 Å². The highest BCUT2D eigenvalue weighted by Crippen LogP contribution is 2.44. The minimum atomic E-state index is -0.434. The average molecular weight is 401 g/mol. The average Bonchev–Trinajstić information content (AvgIpc) is 3.21. The first kappa shape index (κ1) is 20.6. The van der Waals surface area contributed by atoms with Gasteiger partial charge < -0.3 is 15.0 Å². The fraction of sp³-hybridized carbons (Fsp3) is 0.455. The molecule has 2 heterocycles. The summed E-state index contributed by atoms with van der Waals surface area (Å²) in [4.78, 5) is 29.4. The maximum Gasteiger partial charge on any atom is 0.254 e. The molecule has 6 heteroatoms. The highest BCUT2D eigenvalue weighted by atomic mass is 32.1. The van der Waals surface area contributed by atoms with Gasteiger partial charge >= 0.3 is 0 Å². The highest BCUT2D eigenvalue weighted by molar-refractivity contribution is 7.10. The molecule has 1 aliphatic rings. The van der Waals surface area contributed by atoms with Gasteiger partial charge in [-0.1, -0.05) is 38.1 Å². The Morgan fingerprint density at radius 1 is 1.25 bits per heavy atom. The zero-order valence-corrected chi connectivity index (χ0v) is 17.5. The molecule has 2 aromatic rings. The predicted octanol–water partition coefficient (Wildman–Crippen LogP) is 3.84. The first-order valence-corrected chi connectivity index (χ1v) is 10.6. The molecule has 0 radical (unpaired) electrons. The molecule has 5 nitrogen and oxygen atoms in total.